The highest BCUT2D eigenvalue weighted by molar-refractivity contribution is 7.91. The fourth-order valence-electron chi connectivity index (χ4n) is 1.93. The van der Waals surface area contributed by atoms with Crippen molar-refractivity contribution in [2.24, 2.45) is 0 Å². The second kappa shape index (κ2) is 6.15. The summed E-state index contributed by atoms with van der Waals surface area (Å²) in [6.45, 7) is 1.28. The van der Waals surface area contributed by atoms with Crippen LogP contribution in [0.25, 0.3) is 0 Å². The van der Waals surface area contributed by atoms with E-state index in [0.717, 1.165) is 16.9 Å². The van der Waals surface area contributed by atoms with E-state index in [1.54, 1.807) is 12.5 Å². The van der Waals surface area contributed by atoms with E-state index in [0.29, 0.717) is 35.9 Å². The summed E-state index contributed by atoms with van der Waals surface area (Å²) in [6.07, 6.45) is 2.61. The number of nitrogens with zero attached hydrogens (tertiary/aromatic N) is 1. The summed E-state index contributed by atoms with van der Waals surface area (Å²) in [5.74, 6) is 0. The molecule has 0 amide bonds. The van der Waals surface area contributed by atoms with Crippen LogP contribution in [0.3, 0.4) is 0 Å². The molecule has 1 aliphatic rings. The predicted octanol–water partition coefficient (Wildman–Crippen LogP) is 1.21. The Balaban J connectivity index is 2.13. The Bertz CT molecular complexity index is 562. The highest BCUT2D eigenvalue weighted by Crippen LogP contribution is 2.26. The van der Waals surface area contributed by atoms with Gasteiger partial charge in [-0.2, -0.15) is 4.31 Å². The van der Waals surface area contributed by atoms with Crippen molar-refractivity contribution in [2.45, 2.75) is 17.2 Å². The van der Waals surface area contributed by atoms with Crippen molar-refractivity contribution < 1.29 is 18.3 Å². The minimum atomic E-state index is -3.43. The molecule has 2 heterocycles. The molecule has 0 fully saturated rings. The van der Waals surface area contributed by atoms with Crippen LogP contribution in [0.5, 0.6) is 0 Å². The first-order valence-electron chi connectivity index (χ1n) is 5.93. The molecular formula is C12H17NO4S2. The van der Waals surface area contributed by atoms with Crippen molar-refractivity contribution >= 4 is 21.4 Å². The maximum absolute atomic E-state index is 12.4. The lowest BCUT2D eigenvalue weighted by Crippen LogP contribution is -2.34. The number of aliphatic hydroxyl groups is 1. The largest absolute Gasteiger partial charge is 0.392 e. The lowest BCUT2D eigenvalue weighted by molar-refractivity contribution is 0.219. The number of aliphatic hydroxyl groups excluding tert-OH is 1. The van der Waals surface area contributed by atoms with Gasteiger partial charge in [0.2, 0.25) is 0 Å². The maximum Gasteiger partial charge on any atom is 0.252 e. The molecule has 106 valence electrons. The first kappa shape index (κ1) is 14.7. The maximum atomic E-state index is 12.4. The van der Waals surface area contributed by atoms with Gasteiger partial charge in [0.15, 0.2) is 0 Å². The van der Waals surface area contributed by atoms with Gasteiger partial charge < -0.3 is 9.84 Å². The van der Waals surface area contributed by atoms with Crippen molar-refractivity contribution in [3.05, 3.63) is 28.7 Å². The molecule has 19 heavy (non-hydrogen) atoms. The summed E-state index contributed by atoms with van der Waals surface area (Å²) in [5.41, 5.74) is 1.77. The summed E-state index contributed by atoms with van der Waals surface area (Å²) in [6, 6.07) is 1.54. The Kier molecular flexibility index (Phi) is 4.75. The summed E-state index contributed by atoms with van der Waals surface area (Å²) in [4.78, 5) is 0. The van der Waals surface area contributed by atoms with Gasteiger partial charge in [-0.1, -0.05) is 6.08 Å². The molecule has 7 heteroatoms. The fraction of sp³-hybridized carbons (Fsp3) is 0.500. The SMILES string of the molecule is COCC1=CCN(S(=O)(=O)c2cc(CO)cs2)CC1. The van der Waals surface area contributed by atoms with Crippen LogP contribution in [0.2, 0.25) is 0 Å². The average Bonchev–Trinajstić information content (AvgIpc) is 2.89. The van der Waals surface area contributed by atoms with Gasteiger partial charge in [0.25, 0.3) is 10.0 Å². The molecule has 0 unspecified atom stereocenters. The van der Waals surface area contributed by atoms with Crippen molar-refractivity contribution in [1.29, 1.82) is 0 Å². The van der Waals surface area contributed by atoms with Crippen molar-refractivity contribution in [3.8, 4) is 0 Å². The third-order valence-corrected chi connectivity index (χ3v) is 6.33. The minimum absolute atomic E-state index is 0.135. The first-order valence-corrected chi connectivity index (χ1v) is 8.25. The predicted molar refractivity (Wildman–Crippen MR) is 73.6 cm³/mol. The van der Waals surface area contributed by atoms with Crippen LogP contribution in [0.4, 0.5) is 0 Å². The first-order chi connectivity index (χ1) is 9.07. The van der Waals surface area contributed by atoms with Crippen LogP contribution < -0.4 is 0 Å². The zero-order chi connectivity index (χ0) is 13.9. The summed E-state index contributed by atoms with van der Waals surface area (Å²) in [7, 11) is -1.80. The van der Waals surface area contributed by atoms with Crippen LogP contribution in [-0.2, 0) is 21.4 Å². The van der Waals surface area contributed by atoms with Gasteiger partial charge in [-0.25, -0.2) is 8.42 Å². The molecule has 0 radical (unpaired) electrons. The van der Waals surface area contributed by atoms with E-state index in [4.69, 9.17) is 9.84 Å². The zero-order valence-electron chi connectivity index (χ0n) is 10.7. The van der Waals surface area contributed by atoms with Gasteiger partial charge >= 0.3 is 0 Å². The fourth-order valence-corrected chi connectivity index (χ4v) is 4.66. The lowest BCUT2D eigenvalue weighted by Gasteiger charge is -2.24. The number of methoxy groups -OCH3 is 1. The van der Waals surface area contributed by atoms with Crippen LogP contribution in [0, 0.1) is 0 Å². The second-order valence-corrected chi connectivity index (χ2v) is 7.42. The van der Waals surface area contributed by atoms with E-state index in [2.05, 4.69) is 0 Å². The Morgan fingerprint density at radius 3 is 2.84 bits per heavy atom. The van der Waals surface area contributed by atoms with Gasteiger partial charge in [0.05, 0.1) is 13.2 Å². The number of ether oxygens (including phenoxy) is 1. The zero-order valence-corrected chi connectivity index (χ0v) is 12.3. The minimum Gasteiger partial charge on any atom is -0.392 e. The molecule has 0 aliphatic carbocycles. The lowest BCUT2D eigenvalue weighted by atomic mass is 10.1. The topological polar surface area (TPSA) is 66.8 Å². The molecule has 0 bridgehead atoms. The van der Waals surface area contributed by atoms with E-state index in [1.807, 2.05) is 6.08 Å². The summed E-state index contributed by atoms with van der Waals surface area (Å²) >= 11 is 1.15. The Labute approximate surface area is 117 Å². The van der Waals surface area contributed by atoms with Crippen molar-refractivity contribution in [3.63, 3.8) is 0 Å². The van der Waals surface area contributed by atoms with Gasteiger partial charge in [0, 0.05) is 20.2 Å². The van der Waals surface area contributed by atoms with Gasteiger partial charge in [-0.05, 0) is 29.0 Å². The molecule has 0 aromatic carbocycles. The van der Waals surface area contributed by atoms with Crippen molar-refractivity contribution in [1.82, 2.24) is 4.31 Å². The van der Waals surface area contributed by atoms with E-state index in [1.165, 1.54) is 10.4 Å². The molecule has 2 rings (SSSR count). The summed E-state index contributed by atoms with van der Waals surface area (Å²) in [5, 5.41) is 10.7. The van der Waals surface area contributed by atoms with Gasteiger partial charge in [-0.15, -0.1) is 11.3 Å². The molecule has 1 aromatic heterocycles. The second-order valence-electron chi connectivity index (χ2n) is 4.34. The smallest absolute Gasteiger partial charge is 0.252 e. The number of hydrogen-bond donors (Lipinski definition) is 1. The molecule has 1 N–H and O–H groups in total. The molecular weight excluding hydrogens is 286 g/mol. The van der Waals surface area contributed by atoms with Crippen LogP contribution in [0.1, 0.15) is 12.0 Å². The molecule has 1 aromatic rings. The standard InChI is InChI=1S/C12H17NO4S2/c1-17-8-10-2-4-13(5-3-10)19(15,16)12-6-11(7-14)9-18-12/h2,6,9,14H,3-5,7-8H2,1H3. The Hall–Kier alpha value is -0.730. The molecule has 0 saturated carbocycles. The van der Waals surface area contributed by atoms with Crippen LogP contribution >= 0.6 is 11.3 Å². The monoisotopic (exact) mass is 303 g/mol. The Morgan fingerprint density at radius 2 is 2.32 bits per heavy atom. The molecule has 1 aliphatic heterocycles. The highest BCUT2D eigenvalue weighted by Gasteiger charge is 2.27. The highest BCUT2D eigenvalue weighted by atomic mass is 32.2. The molecule has 0 atom stereocenters. The Morgan fingerprint density at radius 1 is 1.53 bits per heavy atom. The van der Waals surface area contributed by atoms with Crippen LogP contribution in [-0.4, -0.2) is 44.6 Å². The molecule has 0 saturated heterocycles. The third kappa shape index (κ3) is 3.24. The van der Waals surface area contributed by atoms with E-state index in [-0.39, 0.29) is 6.61 Å². The number of sulfonamides is 1. The number of thiophene rings is 1. The van der Waals surface area contributed by atoms with E-state index < -0.39 is 10.0 Å². The third-order valence-electron chi connectivity index (χ3n) is 3.00. The summed E-state index contributed by atoms with van der Waals surface area (Å²) < 4.78 is 31.5. The molecule has 0 spiro atoms. The quantitative estimate of drug-likeness (QED) is 0.830. The van der Waals surface area contributed by atoms with Gasteiger partial charge in [-0.3, -0.25) is 0 Å². The number of rotatable bonds is 5. The normalized spacial score (nSPS) is 17.5. The average molecular weight is 303 g/mol. The van der Waals surface area contributed by atoms with Crippen LogP contribution in [0.15, 0.2) is 27.3 Å². The van der Waals surface area contributed by atoms with E-state index >= 15 is 0 Å². The van der Waals surface area contributed by atoms with Crippen molar-refractivity contribution in [2.75, 3.05) is 26.8 Å². The molecule has 5 nitrogen and oxygen atoms in total. The van der Waals surface area contributed by atoms with E-state index in [9.17, 15) is 8.42 Å². The number of hydrogen-bond acceptors (Lipinski definition) is 5. The van der Waals surface area contributed by atoms with Gasteiger partial charge in [0.1, 0.15) is 4.21 Å².